The van der Waals surface area contributed by atoms with Gasteiger partial charge in [-0.2, -0.15) is 8.42 Å². The van der Waals surface area contributed by atoms with E-state index in [1.54, 1.807) is 57.2 Å². The Balaban J connectivity index is 1.62. The molecular formula is C25H28N2O8S. The number of oxazole rings is 1. The number of rotatable bonds is 12. The Morgan fingerprint density at radius 1 is 1.11 bits per heavy atom. The summed E-state index contributed by atoms with van der Waals surface area (Å²) in [7, 11) is -3.60. The third kappa shape index (κ3) is 7.57. The SMILES string of the molecule is CCO/N=C(\C)C(Cc1ccc(OCc2nc(-c3ccc(OS(C)(=O)=O)cc3)oc2C)cc1)C(=O)O. The van der Waals surface area contributed by atoms with E-state index in [1.165, 1.54) is 12.1 Å². The van der Waals surface area contributed by atoms with Gasteiger partial charge in [0.2, 0.25) is 5.89 Å². The number of oxime groups is 1. The van der Waals surface area contributed by atoms with Crippen LogP contribution in [0.15, 0.2) is 58.1 Å². The molecule has 0 fully saturated rings. The number of aromatic nitrogens is 1. The molecule has 0 spiro atoms. The van der Waals surface area contributed by atoms with Crippen molar-refractivity contribution in [3.8, 4) is 23.0 Å². The van der Waals surface area contributed by atoms with E-state index in [0.717, 1.165) is 11.8 Å². The summed E-state index contributed by atoms with van der Waals surface area (Å²) in [6.45, 7) is 5.73. The van der Waals surface area contributed by atoms with Gasteiger partial charge in [0.05, 0.1) is 12.0 Å². The van der Waals surface area contributed by atoms with Crippen LogP contribution in [0.5, 0.6) is 11.5 Å². The lowest BCUT2D eigenvalue weighted by Crippen LogP contribution is -2.24. The van der Waals surface area contributed by atoms with E-state index in [9.17, 15) is 18.3 Å². The zero-order valence-electron chi connectivity index (χ0n) is 20.4. The first kappa shape index (κ1) is 26.7. The zero-order valence-corrected chi connectivity index (χ0v) is 21.2. The van der Waals surface area contributed by atoms with E-state index >= 15 is 0 Å². The molecule has 1 aromatic heterocycles. The smallest absolute Gasteiger partial charge is 0.312 e. The maximum Gasteiger partial charge on any atom is 0.312 e. The molecule has 0 bridgehead atoms. The van der Waals surface area contributed by atoms with Crippen LogP contribution in [0.3, 0.4) is 0 Å². The monoisotopic (exact) mass is 516 g/mol. The first-order valence-electron chi connectivity index (χ1n) is 11.1. The van der Waals surface area contributed by atoms with Crippen LogP contribution in [0.25, 0.3) is 11.5 Å². The van der Waals surface area contributed by atoms with E-state index in [4.69, 9.17) is 18.2 Å². The molecule has 0 aliphatic carbocycles. The summed E-state index contributed by atoms with van der Waals surface area (Å²) in [6, 6.07) is 13.5. The largest absolute Gasteiger partial charge is 0.487 e. The number of carbonyl (C=O) groups is 1. The number of hydrogen-bond acceptors (Lipinski definition) is 9. The second kappa shape index (κ2) is 11.7. The van der Waals surface area contributed by atoms with Gasteiger partial charge in [-0.1, -0.05) is 17.3 Å². The Morgan fingerprint density at radius 2 is 1.75 bits per heavy atom. The molecule has 3 rings (SSSR count). The van der Waals surface area contributed by atoms with Gasteiger partial charge in [-0.25, -0.2) is 4.98 Å². The molecule has 0 aliphatic rings. The quantitative estimate of drug-likeness (QED) is 0.213. The fourth-order valence-electron chi connectivity index (χ4n) is 3.27. The molecule has 192 valence electrons. The van der Waals surface area contributed by atoms with Crippen LogP contribution in [0.4, 0.5) is 0 Å². The van der Waals surface area contributed by atoms with Gasteiger partial charge in [0.1, 0.15) is 42.1 Å². The van der Waals surface area contributed by atoms with Crippen LogP contribution in [0.1, 0.15) is 30.9 Å². The van der Waals surface area contributed by atoms with Gasteiger partial charge in [0.15, 0.2) is 0 Å². The molecule has 0 radical (unpaired) electrons. The molecule has 0 saturated carbocycles. The molecule has 11 heteroatoms. The Bertz CT molecular complexity index is 1310. The van der Waals surface area contributed by atoms with Crippen molar-refractivity contribution in [1.29, 1.82) is 0 Å². The normalized spacial score (nSPS) is 12.7. The van der Waals surface area contributed by atoms with E-state index in [1.807, 2.05) is 0 Å². The van der Waals surface area contributed by atoms with Gasteiger partial charge < -0.3 is 23.3 Å². The average molecular weight is 517 g/mol. The highest BCUT2D eigenvalue weighted by Crippen LogP contribution is 2.25. The fourth-order valence-corrected chi connectivity index (χ4v) is 3.73. The number of nitrogens with zero attached hydrogens (tertiary/aromatic N) is 2. The molecule has 1 N–H and O–H groups in total. The minimum atomic E-state index is -3.60. The number of aliphatic carboxylic acids is 1. The highest BCUT2D eigenvalue weighted by Gasteiger charge is 2.22. The summed E-state index contributed by atoms with van der Waals surface area (Å²) in [5, 5.41) is 13.4. The molecule has 1 unspecified atom stereocenters. The number of aryl methyl sites for hydroxylation is 1. The van der Waals surface area contributed by atoms with Crippen LogP contribution in [-0.4, -0.2) is 43.1 Å². The van der Waals surface area contributed by atoms with Crippen molar-refractivity contribution in [2.75, 3.05) is 12.9 Å². The van der Waals surface area contributed by atoms with Crippen LogP contribution < -0.4 is 8.92 Å². The summed E-state index contributed by atoms with van der Waals surface area (Å²) in [5.41, 5.74) is 2.49. The number of carboxylic acid groups (broad SMARTS) is 1. The van der Waals surface area contributed by atoms with Crippen LogP contribution >= 0.6 is 0 Å². The van der Waals surface area contributed by atoms with Crippen molar-refractivity contribution < 1.29 is 36.5 Å². The molecule has 0 amide bonds. The standard InChI is InChI=1S/C25H28N2O8S/c1-5-33-27-16(2)22(25(28)29)14-18-6-10-20(11-7-18)32-15-23-17(3)34-24(26-23)19-8-12-21(13-9-19)35-36(4,30)31/h6-13,22H,5,14-15H2,1-4H3,(H,28,29)/b27-16+. The number of carboxylic acids is 1. The summed E-state index contributed by atoms with van der Waals surface area (Å²) in [4.78, 5) is 21.1. The second-order valence-corrected chi connectivity index (χ2v) is 9.59. The minimum absolute atomic E-state index is 0.168. The van der Waals surface area contributed by atoms with Crippen molar-refractivity contribution in [2.45, 2.75) is 33.8 Å². The van der Waals surface area contributed by atoms with E-state index < -0.39 is 22.0 Å². The van der Waals surface area contributed by atoms with Crippen molar-refractivity contribution in [1.82, 2.24) is 4.98 Å². The Hall–Kier alpha value is -3.86. The highest BCUT2D eigenvalue weighted by molar-refractivity contribution is 7.86. The predicted octanol–water partition coefficient (Wildman–Crippen LogP) is 4.22. The lowest BCUT2D eigenvalue weighted by molar-refractivity contribution is -0.139. The van der Waals surface area contributed by atoms with Crippen LogP contribution in [0, 0.1) is 12.8 Å². The van der Waals surface area contributed by atoms with Crippen molar-refractivity contribution in [3.63, 3.8) is 0 Å². The first-order valence-corrected chi connectivity index (χ1v) is 12.9. The van der Waals surface area contributed by atoms with Gasteiger partial charge in [-0.05, 0) is 69.2 Å². The van der Waals surface area contributed by atoms with E-state index in [-0.39, 0.29) is 18.8 Å². The molecule has 1 heterocycles. The lowest BCUT2D eigenvalue weighted by Gasteiger charge is -2.12. The maximum atomic E-state index is 11.6. The Kier molecular flexibility index (Phi) is 8.70. The maximum absolute atomic E-state index is 11.6. The number of benzene rings is 2. The zero-order chi connectivity index (χ0) is 26.3. The molecular weight excluding hydrogens is 488 g/mol. The topological polar surface area (TPSA) is 138 Å². The molecule has 3 aromatic rings. The molecule has 2 aromatic carbocycles. The van der Waals surface area contributed by atoms with Crippen LogP contribution in [-0.2, 0) is 32.8 Å². The molecule has 0 saturated heterocycles. The van der Waals surface area contributed by atoms with Gasteiger partial charge in [0, 0.05) is 5.56 Å². The van der Waals surface area contributed by atoms with Crippen molar-refractivity contribution in [3.05, 3.63) is 65.5 Å². The van der Waals surface area contributed by atoms with Crippen LogP contribution in [0.2, 0.25) is 0 Å². The molecule has 1 atom stereocenters. The highest BCUT2D eigenvalue weighted by atomic mass is 32.2. The van der Waals surface area contributed by atoms with Gasteiger partial charge >= 0.3 is 16.1 Å². The predicted molar refractivity (Wildman–Crippen MR) is 132 cm³/mol. The van der Waals surface area contributed by atoms with Gasteiger partial charge in [0.25, 0.3) is 0 Å². The third-order valence-electron chi connectivity index (χ3n) is 5.12. The summed E-state index contributed by atoms with van der Waals surface area (Å²) in [6.07, 6.45) is 1.25. The van der Waals surface area contributed by atoms with Crippen molar-refractivity contribution in [2.24, 2.45) is 11.1 Å². The number of hydrogen-bond donors (Lipinski definition) is 1. The third-order valence-corrected chi connectivity index (χ3v) is 5.62. The Labute approximate surface area is 209 Å². The van der Waals surface area contributed by atoms with Crippen molar-refractivity contribution >= 4 is 21.8 Å². The fraction of sp³-hybridized carbons (Fsp3) is 0.320. The van der Waals surface area contributed by atoms with E-state index in [2.05, 4.69) is 10.1 Å². The molecule has 10 nitrogen and oxygen atoms in total. The molecule has 36 heavy (non-hydrogen) atoms. The van der Waals surface area contributed by atoms with Gasteiger partial charge in [-0.3, -0.25) is 4.79 Å². The second-order valence-electron chi connectivity index (χ2n) is 8.01. The molecule has 0 aliphatic heterocycles. The Morgan fingerprint density at radius 3 is 2.33 bits per heavy atom. The number of ether oxygens (including phenoxy) is 1. The average Bonchev–Trinajstić information content (AvgIpc) is 3.20. The summed E-state index contributed by atoms with van der Waals surface area (Å²) in [5.74, 6) is -0.000209. The lowest BCUT2D eigenvalue weighted by atomic mass is 9.95. The van der Waals surface area contributed by atoms with E-state index in [0.29, 0.717) is 41.0 Å². The van der Waals surface area contributed by atoms with Gasteiger partial charge in [-0.15, -0.1) is 0 Å². The summed E-state index contributed by atoms with van der Waals surface area (Å²) >= 11 is 0. The first-order chi connectivity index (χ1) is 17.1. The minimum Gasteiger partial charge on any atom is -0.487 e. The summed E-state index contributed by atoms with van der Waals surface area (Å²) < 4.78 is 38.9.